The molecule has 1 heterocycles. The summed E-state index contributed by atoms with van der Waals surface area (Å²) in [5.41, 5.74) is 0.677. The van der Waals surface area contributed by atoms with E-state index in [9.17, 15) is 9.59 Å². The maximum atomic E-state index is 11.2. The molecule has 0 atom stereocenters. The number of carboxylic acid groups (broad SMARTS) is 1. The largest absolute Gasteiger partial charge is 0.481 e. The lowest BCUT2D eigenvalue weighted by atomic mass is 10.2. The Morgan fingerprint density at radius 3 is 2.80 bits per heavy atom. The van der Waals surface area contributed by atoms with Crippen molar-refractivity contribution in [2.45, 2.75) is 26.2 Å². The van der Waals surface area contributed by atoms with Crippen LogP contribution in [-0.4, -0.2) is 22.0 Å². The second kappa shape index (κ2) is 5.14. The van der Waals surface area contributed by atoms with Crippen LogP contribution in [-0.2, 0) is 9.59 Å². The Morgan fingerprint density at radius 1 is 1.53 bits per heavy atom. The first-order valence-corrected chi connectivity index (χ1v) is 4.51. The minimum absolute atomic E-state index is 0.0158. The Morgan fingerprint density at radius 2 is 2.27 bits per heavy atom. The van der Waals surface area contributed by atoms with Crippen molar-refractivity contribution in [2.24, 2.45) is 0 Å². The summed E-state index contributed by atoms with van der Waals surface area (Å²) in [4.78, 5) is 25.3. The van der Waals surface area contributed by atoms with Crippen LogP contribution in [0.1, 0.15) is 25.0 Å². The van der Waals surface area contributed by atoms with E-state index in [1.165, 1.54) is 6.26 Å². The van der Waals surface area contributed by atoms with E-state index in [2.05, 4.69) is 10.3 Å². The number of carbonyl (C=O) groups is 2. The number of hydrogen-bond donors (Lipinski definition) is 2. The number of carboxylic acids is 1. The van der Waals surface area contributed by atoms with Crippen molar-refractivity contribution in [3.63, 3.8) is 0 Å². The van der Waals surface area contributed by atoms with Crippen molar-refractivity contribution < 1.29 is 19.1 Å². The van der Waals surface area contributed by atoms with Crippen molar-refractivity contribution in [2.75, 3.05) is 5.32 Å². The fraction of sp³-hybridized carbons (Fsp3) is 0.444. The maximum Gasteiger partial charge on any atom is 0.303 e. The molecule has 82 valence electrons. The molecule has 0 aliphatic rings. The molecule has 0 radical (unpaired) electrons. The van der Waals surface area contributed by atoms with Crippen LogP contribution in [0.4, 0.5) is 6.01 Å². The summed E-state index contributed by atoms with van der Waals surface area (Å²) < 4.78 is 4.90. The Bertz CT molecular complexity index is 359. The average molecular weight is 212 g/mol. The fourth-order valence-electron chi connectivity index (χ4n) is 0.993. The summed E-state index contributed by atoms with van der Waals surface area (Å²) in [6.45, 7) is 1.74. The SMILES string of the molecule is Cc1coc(NC(=O)CCCC(=O)O)n1. The Kier molecular flexibility index (Phi) is 3.84. The minimum atomic E-state index is -0.908. The number of anilines is 1. The molecule has 1 rings (SSSR count). The first-order chi connectivity index (χ1) is 7.08. The molecule has 0 aliphatic heterocycles. The second-order valence-corrected chi connectivity index (χ2v) is 3.09. The number of aryl methyl sites for hydroxylation is 1. The van der Waals surface area contributed by atoms with Gasteiger partial charge in [0.15, 0.2) is 0 Å². The predicted octanol–water partition coefficient (Wildman–Crippen LogP) is 1.18. The molecule has 1 aromatic rings. The maximum absolute atomic E-state index is 11.2. The van der Waals surface area contributed by atoms with Crippen LogP contribution in [0.5, 0.6) is 0 Å². The zero-order chi connectivity index (χ0) is 11.3. The summed E-state index contributed by atoms with van der Waals surface area (Å²) >= 11 is 0. The van der Waals surface area contributed by atoms with E-state index in [0.29, 0.717) is 12.1 Å². The molecule has 0 aliphatic carbocycles. The van der Waals surface area contributed by atoms with Gasteiger partial charge in [0.1, 0.15) is 6.26 Å². The van der Waals surface area contributed by atoms with Crippen molar-refractivity contribution in [1.29, 1.82) is 0 Å². The number of amides is 1. The normalized spacial score (nSPS) is 9.93. The number of nitrogens with one attached hydrogen (secondary N) is 1. The molecule has 2 N–H and O–H groups in total. The van der Waals surface area contributed by atoms with Crippen molar-refractivity contribution in [3.05, 3.63) is 12.0 Å². The standard InChI is InChI=1S/C9H12N2O4/c1-6-5-15-9(10-6)11-7(12)3-2-4-8(13)14/h5H,2-4H2,1H3,(H,13,14)(H,10,11,12). The molecular weight excluding hydrogens is 200 g/mol. The smallest absolute Gasteiger partial charge is 0.303 e. The number of oxazole rings is 1. The van der Waals surface area contributed by atoms with Gasteiger partial charge >= 0.3 is 12.0 Å². The van der Waals surface area contributed by atoms with Crippen molar-refractivity contribution in [3.8, 4) is 0 Å². The number of aromatic nitrogens is 1. The average Bonchev–Trinajstić information content (AvgIpc) is 2.50. The van der Waals surface area contributed by atoms with Gasteiger partial charge in [-0.3, -0.25) is 14.9 Å². The lowest BCUT2D eigenvalue weighted by molar-refractivity contribution is -0.137. The van der Waals surface area contributed by atoms with Crippen LogP contribution in [0.2, 0.25) is 0 Å². The number of aliphatic carboxylic acids is 1. The fourth-order valence-corrected chi connectivity index (χ4v) is 0.993. The molecule has 0 unspecified atom stereocenters. The molecule has 6 heteroatoms. The monoisotopic (exact) mass is 212 g/mol. The van der Waals surface area contributed by atoms with E-state index < -0.39 is 5.97 Å². The summed E-state index contributed by atoms with van der Waals surface area (Å²) in [5.74, 6) is -1.20. The third kappa shape index (κ3) is 4.26. The highest BCUT2D eigenvalue weighted by Crippen LogP contribution is 2.07. The molecule has 0 fully saturated rings. The molecular formula is C9H12N2O4. The quantitative estimate of drug-likeness (QED) is 0.764. The molecule has 1 aromatic heterocycles. The van der Waals surface area contributed by atoms with Crippen LogP contribution in [0.15, 0.2) is 10.7 Å². The molecule has 15 heavy (non-hydrogen) atoms. The molecule has 1 amide bonds. The summed E-state index contributed by atoms with van der Waals surface area (Å²) in [7, 11) is 0. The molecule has 0 spiro atoms. The number of carbonyl (C=O) groups excluding carboxylic acids is 1. The molecule has 0 aromatic carbocycles. The van der Waals surface area contributed by atoms with E-state index >= 15 is 0 Å². The molecule has 0 bridgehead atoms. The van der Waals surface area contributed by atoms with Gasteiger partial charge in [-0.15, -0.1) is 0 Å². The minimum Gasteiger partial charge on any atom is -0.481 e. The zero-order valence-electron chi connectivity index (χ0n) is 8.32. The number of rotatable bonds is 5. The first kappa shape index (κ1) is 11.2. The van der Waals surface area contributed by atoms with E-state index in [0.717, 1.165) is 0 Å². The van der Waals surface area contributed by atoms with Crippen molar-refractivity contribution in [1.82, 2.24) is 4.98 Å². The highest BCUT2D eigenvalue weighted by atomic mass is 16.4. The topological polar surface area (TPSA) is 92.4 Å². The lowest BCUT2D eigenvalue weighted by Gasteiger charge is -1.98. The molecule has 0 saturated heterocycles. The molecule has 6 nitrogen and oxygen atoms in total. The van der Waals surface area contributed by atoms with E-state index in [-0.39, 0.29) is 24.8 Å². The van der Waals surface area contributed by atoms with Crippen molar-refractivity contribution >= 4 is 17.9 Å². The van der Waals surface area contributed by atoms with Gasteiger partial charge in [-0.2, -0.15) is 4.98 Å². The predicted molar refractivity (Wildman–Crippen MR) is 51.4 cm³/mol. The van der Waals surface area contributed by atoms with Gasteiger partial charge in [-0.25, -0.2) is 0 Å². The van der Waals surface area contributed by atoms with Gasteiger partial charge < -0.3 is 9.52 Å². The summed E-state index contributed by atoms with van der Waals surface area (Å²) in [6, 6.07) is 0.146. The third-order valence-electron chi connectivity index (χ3n) is 1.66. The molecule has 0 saturated carbocycles. The Labute approximate surface area is 86.3 Å². The Hall–Kier alpha value is -1.85. The first-order valence-electron chi connectivity index (χ1n) is 4.51. The van der Waals surface area contributed by atoms with E-state index in [1.54, 1.807) is 6.92 Å². The van der Waals surface area contributed by atoms with E-state index in [4.69, 9.17) is 9.52 Å². The van der Waals surface area contributed by atoms with Crippen LogP contribution >= 0.6 is 0 Å². The van der Waals surface area contributed by atoms with Gasteiger partial charge in [0.25, 0.3) is 0 Å². The lowest BCUT2D eigenvalue weighted by Crippen LogP contribution is -2.12. The van der Waals surface area contributed by atoms with Gasteiger partial charge in [0, 0.05) is 12.8 Å². The van der Waals surface area contributed by atoms with Crippen LogP contribution in [0.25, 0.3) is 0 Å². The van der Waals surface area contributed by atoms with Gasteiger partial charge in [-0.05, 0) is 13.3 Å². The van der Waals surface area contributed by atoms with Gasteiger partial charge in [0.2, 0.25) is 5.91 Å². The number of nitrogens with zero attached hydrogens (tertiary/aromatic N) is 1. The van der Waals surface area contributed by atoms with E-state index in [1.807, 2.05) is 0 Å². The van der Waals surface area contributed by atoms with Crippen LogP contribution in [0.3, 0.4) is 0 Å². The summed E-state index contributed by atoms with van der Waals surface area (Å²) in [6.07, 6.45) is 1.86. The van der Waals surface area contributed by atoms with Gasteiger partial charge in [-0.1, -0.05) is 0 Å². The highest BCUT2D eigenvalue weighted by Gasteiger charge is 2.07. The highest BCUT2D eigenvalue weighted by molar-refractivity contribution is 5.88. The second-order valence-electron chi connectivity index (χ2n) is 3.09. The summed E-state index contributed by atoms with van der Waals surface area (Å²) in [5, 5.41) is 10.8. The van der Waals surface area contributed by atoms with Crippen LogP contribution < -0.4 is 5.32 Å². The van der Waals surface area contributed by atoms with Gasteiger partial charge in [0.05, 0.1) is 5.69 Å². The third-order valence-corrected chi connectivity index (χ3v) is 1.66. The Balaban J connectivity index is 2.27. The zero-order valence-corrected chi connectivity index (χ0v) is 8.32. The number of hydrogen-bond acceptors (Lipinski definition) is 4. The van der Waals surface area contributed by atoms with Crippen LogP contribution in [0, 0.1) is 6.92 Å².